The lowest BCUT2D eigenvalue weighted by Crippen LogP contribution is -2.25. The summed E-state index contributed by atoms with van der Waals surface area (Å²) >= 11 is 0. The van der Waals surface area contributed by atoms with Crippen LogP contribution < -0.4 is 5.56 Å². The highest BCUT2D eigenvalue weighted by atomic mass is 19.1. The van der Waals surface area contributed by atoms with Crippen LogP contribution in [-0.2, 0) is 0 Å². The maximum absolute atomic E-state index is 13.8. The number of pyridine rings is 1. The Bertz CT molecular complexity index is 933. The van der Waals surface area contributed by atoms with Crippen LogP contribution in [0, 0.1) is 11.6 Å². The van der Waals surface area contributed by atoms with Crippen LogP contribution >= 0.6 is 0 Å². The molecule has 0 atom stereocenters. The summed E-state index contributed by atoms with van der Waals surface area (Å²) in [6.45, 7) is 0. The molecule has 0 fully saturated rings. The monoisotopic (exact) mass is 311 g/mol. The van der Waals surface area contributed by atoms with Crippen molar-refractivity contribution in [3.05, 3.63) is 100.0 Å². The molecular formula is C18H11F2NO2. The standard InChI is InChI=1S/C18H11F2NO2/c19-12-8-9-14(16(20)11-12)17(22)15-7-4-10-21(18(15)23)13-5-2-1-3-6-13/h1-11H. The summed E-state index contributed by atoms with van der Waals surface area (Å²) in [6, 6.07) is 14.2. The molecule has 1 aromatic heterocycles. The number of carbonyl (C=O) groups excluding carboxylic acids is 1. The topological polar surface area (TPSA) is 39.1 Å². The maximum atomic E-state index is 13.8. The van der Waals surface area contributed by atoms with E-state index in [9.17, 15) is 18.4 Å². The van der Waals surface area contributed by atoms with E-state index in [0.717, 1.165) is 12.1 Å². The van der Waals surface area contributed by atoms with Gasteiger partial charge in [-0.25, -0.2) is 8.78 Å². The van der Waals surface area contributed by atoms with Gasteiger partial charge in [0.15, 0.2) is 0 Å². The third kappa shape index (κ3) is 2.81. The van der Waals surface area contributed by atoms with Crippen molar-refractivity contribution >= 4 is 5.78 Å². The Labute approximate surface area is 130 Å². The van der Waals surface area contributed by atoms with Crippen molar-refractivity contribution in [2.75, 3.05) is 0 Å². The molecule has 0 aliphatic rings. The quantitative estimate of drug-likeness (QED) is 0.696. The lowest BCUT2D eigenvalue weighted by atomic mass is 10.0. The van der Waals surface area contributed by atoms with Gasteiger partial charge in [-0.05, 0) is 36.4 Å². The van der Waals surface area contributed by atoms with Gasteiger partial charge >= 0.3 is 0 Å². The summed E-state index contributed by atoms with van der Waals surface area (Å²) in [5.74, 6) is -2.56. The first-order valence-corrected chi connectivity index (χ1v) is 6.85. The molecule has 0 spiro atoms. The maximum Gasteiger partial charge on any atom is 0.266 e. The molecule has 0 amide bonds. The lowest BCUT2D eigenvalue weighted by Gasteiger charge is -2.08. The van der Waals surface area contributed by atoms with Gasteiger partial charge in [-0.2, -0.15) is 0 Å². The van der Waals surface area contributed by atoms with Crippen LogP contribution in [0.15, 0.2) is 71.7 Å². The summed E-state index contributed by atoms with van der Waals surface area (Å²) in [6.07, 6.45) is 1.52. The number of benzene rings is 2. The summed E-state index contributed by atoms with van der Waals surface area (Å²) in [7, 11) is 0. The SMILES string of the molecule is O=C(c1ccc(F)cc1F)c1cccn(-c2ccccc2)c1=O. The van der Waals surface area contributed by atoms with Gasteiger partial charge in [0.25, 0.3) is 5.56 Å². The highest BCUT2D eigenvalue weighted by Gasteiger charge is 2.18. The molecule has 0 radical (unpaired) electrons. The molecule has 0 saturated carbocycles. The fraction of sp³-hybridized carbons (Fsp3) is 0. The molecular weight excluding hydrogens is 300 g/mol. The van der Waals surface area contributed by atoms with Crippen molar-refractivity contribution in [1.82, 2.24) is 4.57 Å². The third-order valence-corrected chi connectivity index (χ3v) is 3.40. The van der Waals surface area contributed by atoms with E-state index < -0.39 is 23.0 Å². The van der Waals surface area contributed by atoms with Crippen molar-refractivity contribution in [2.24, 2.45) is 0 Å². The van der Waals surface area contributed by atoms with Gasteiger partial charge in [0, 0.05) is 18.0 Å². The zero-order valence-electron chi connectivity index (χ0n) is 11.9. The van der Waals surface area contributed by atoms with E-state index in [1.807, 2.05) is 0 Å². The Balaban J connectivity index is 2.11. The molecule has 5 heteroatoms. The Hall–Kier alpha value is -3.08. The first-order valence-electron chi connectivity index (χ1n) is 6.85. The zero-order valence-corrected chi connectivity index (χ0v) is 11.9. The second-order valence-corrected chi connectivity index (χ2v) is 4.89. The van der Waals surface area contributed by atoms with Gasteiger partial charge in [0.05, 0.1) is 11.1 Å². The molecule has 0 saturated heterocycles. The predicted octanol–water partition coefficient (Wildman–Crippen LogP) is 3.35. The van der Waals surface area contributed by atoms with Crippen molar-refractivity contribution in [3.8, 4) is 5.69 Å². The van der Waals surface area contributed by atoms with E-state index in [1.54, 1.807) is 30.3 Å². The molecule has 3 nitrogen and oxygen atoms in total. The van der Waals surface area contributed by atoms with E-state index in [4.69, 9.17) is 0 Å². The first-order chi connectivity index (χ1) is 11.1. The van der Waals surface area contributed by atoms with Crippen LogP contribution in [0.2, 0.25) is 0 Å². The molecule has 0 N–H and O–H groups in total. The molecule has 3 aromatic rings. The van der Waals surface area contributed by atoms with Gasteiger partial charge < -0.3 is 0 Å². The summed E-state index contributed by atoms with van der Waals surface area (Å²) < 4.78 is 28.0. The number of nitrogens with zero attached hydrogens (tertiary/aromatic N) is 1. The van der Waals surface area contributed by atoms with Crippen molar-refractivity contribution in [2.45, 2.75) is 0 Å². The largest absolute Gasteiger partial charge is 0.288 e. The van der Waals surface area contributed by atoms with E-state index in [1.165, 1.54) is 22.9 Å². The number of hydrogen-bond donors (Lipinski definition) is 0. The van der Waals surface area contributed by atoms with E-state index in [0.29, 0.717) is 11.8 Å². The van der Waals surface area contributed by atoms with Crippen molar-refractivity contribution < 1.29 is 13.6 Å². The van der Waals surface area contributed by atoms with Gasteiger partial charge in [-0.1, -0.05) is 18.2 Å². The molecule has 114 valence electrons. The fourth-order valence-electron chi connectivity index (χ4n) is 2.28. The number of aromatic nitrogens is 1. The molecule has 0 unspecified atom stereocenters. The van der Waals surface area contributed by atoms with Crippen LogP contribution in [0.1, 0.15) is 15.9 Å². The molecule has 3 rings (SSSR count). The Morgan fingerprint density at radius 1 is 0.870 bits per heavy atom. The fourth-order valence-corrected chi connectivity index (χ4v) is 2.28. The van der Waals surface area contributed by atoms with Crippen LogP contribution in [0.5, 0.6) is 0 Å². The lowest BCUT2D eigenvalue weighted by molar-refractivity contribution is 0.103. The van der Waals surface area contributed by atoms with Crippen LogP contribution in [0.3, 0.4) is 0 Å². The minimum Gasteiger partial charge on any atom is -0.288 e. The Morgan fingerprint density at radius 2 is 1.61 bits per heavy atom. The summed E-state index contributed by atoms with van der Waals surface area (Å²) in [5, 5.41) is 0. The second kappa shape index (κ2) is 5.96. The summed E-state index contributed by atoms with van der Waals surface area (Å²) in [4.78, 5) is 24.9. The number of rotatable bonds is 3. The zero-order chi connectivity index (χ0) is 16.4. The minimum absolute atomic E-state index is 0.179. The molecule has 0 bridgehead atoms. The number of halogens is 2. The van der Waals surface area contributed by atoms with Gasteiger partial charge in [0.1, 0.15) is 11.6 Å². The Morgan fingerprint density at radius 3 is 2.30 bits per heavy atom. The Kier molecular flexibility index (Phi) is 3.85. The van der Waals surface area contributed by atoms with Crippen LogP contribution in [0.4, 0.5) is 8.78 Å². The smallest absolute Gasteiger partial charge is 0.266 e. The highest BCUT2D eigenvalue weighted by molar-refractivity contribution is 6.08. The predicted molar refractivity (Wildman–Crippen MR) is 81.8 cm³/mol. The molecule has 0 aliphatic heterocycles. The van der Waals surface area contributed by atoms with Gasteiger partial charge in [-0.15, -0.1) is 0 Å². The average molecular weight is 311 g/mol. The molecule has 0 aliphatic carbocycles. The number of carbonyl (C=O) groups is 1. The summed E-state index contributed by atoms with van der Waals surface area (Å²) in [5.41, 5.74) is -0.490. The molecule has 23 heavy (non-hydrogen) atoms. The second-order valence-electron chi connectivity index (χ2n) is 4.89. The van der Waals surface area contributed by atoms with Gasteiger partial charge in [0.2, 0.25) is 5.78 Å². The minimum atomic E-state index is -0.996. The number of para-hydroxylation sites is 1. The third-order valence-electron chi connectivity index (χ3n) is 3.40. The van der Waals surface area contributed by atoms with E-state index >= 15 is 0 Å². The molecule has 1 heterocycles. The molecule has 2 aromatic carbocycles. The average Bonchev–Trinajstić information content (AvgIpc) is 2.55. The number of ketones is 1. The van der Waals surface area contributed by atoms with E-state index in [-0.39, 0.29) is 11.1 Å². The van der Waals surface area contributed by atoms with Crippen molar-refractivity contribution in [1.29, 1.82) is 0 Å². The normalized spacial score (nSPS) is 10.5. The number of hydrogen-bond acceptors (Lipinski definition) is 2. The van der Waals surface area contributed by atoms with Gasteiger partial charge in [-0.3, -0.25) is 14.2 Å². The highest BCUT2D eigenvalue weighted by Crippen LogP contribution is 2.14. The first kappa shape index (κ1) is 14.8. The van der Waals surface area contributed by atoms with E-state index in [2.05, 4.69) is 0 Å². The van der Waals surface area contributed by atoms with Crippen LogP contribution in [-0.4, -0.2) is 10.4 Å². The van der Waals surface area contributed by atoms with Crippen LogP contribution in [0.25, 0.3) is 5.69 Å². The van der Waals surface area contributed by atoms with Crippen molar-refractivity contribution in [3.63, 3.8) is 0 Å².